The van der Waals surface area contributed by atoms with Crippen LogP contribution in [0.2, 0.25) is 0 Å². The van der Waals surface area contributed by atoms with Crippen LogP contribution in [0.1, 0.15) is 46.8 Å². The van der Waals surface area contributed by atoms with Crippen molar-refractivity contribution >= 4 is 36.7 Å². The molecule has 16 nitrogen and oxygen atoms in total. The number of nitrogen functional groups attached to an aromatic ring is 1. The summed E-state index contributed by atoms with van der Waals surface area (Å²) < 4.78 is 52.7. The van der Waals surface area contributed by atoms with E-state index in [4.69, 9.17) is 30.9 Å². The summed E-state index contributed by atoms with van der Waals surface area (Å²) in [6.07, 6.45) is 1.54. The number of hydrogen-bond acceptors (Lipinski definition) is 12. The van der Waals surface area contributed by atoms with Crippen molar-refractivity contribution in [1.29, 1.82) is 0 Å². The average molecular weight is 644 g/mol. The fraction of sp³-hybridized carbons (Fsp3) is 0.654. The Hall–Kier alpha value is -3.39. The molecule has 2 aromatic rings. The highest BCUT2D eigenvalue weighted by molar-refractivity contribution is 7.54. The number of nitrogens with zero attached hydrogens (tertiary/aromatic N) is 3. The number of carbonyl (C=O) groups excluding carboxylic acids is 2. The van der Waals surface area contributed by atoms with Crippen molar-refractivity contribution in [2.75, 3.05) is 26.6 Å². The van der Waals surface area contributed by atoms with Crippen LogP contribution >= 0.6 is 7.67 Å². The Morgan fingerprint density at radius 1 is 1.23 bits per heavy atom. The van der Waals surface area contributed by atoms with Crippen molar-refractivity contribution in [3.63, 3.8) is 0 Å². The van der Waals surface area contributed by atoms with Crippen molar-refractivity contribution in [3.8, 4) is 12.3 Å². The monoisotopic (exact) mass is 643 g/mol. The Balaban J connectivity index is 1.96. The van der Waals surface area contributed by atoms with E-state index < -0.39 is 68.0 Å². The number of nitrogens with one attached hydrogen (secondary N) is 3. The quantitative estimate of drug-likeness (QED) is 0.109. The molecule has 0 aromatic carbocycles. The van der Waals surface area contributed by atoms with Crippen LogP contribution in [0.25, 0.3) is 11.2 Å². The molecule has 0 saturated carbocycles. The zero-order valence-electron chi connectivity index (χ0n) is 25.3. The van der Waals surface area contributed by atoms with Crippen LogP contribution in [0.15, 0.2) is 11.1 Å². The number of H-pyrrole nitrogens is 1. The zero-order valence-corrected chi connectivity index (χ0v) is 26.2. The molecule has 0 amide bonds. The van der Waals surface area contributed by atoms with E-state index in [-0.39, 0.29) is 41.8 Å². The molecule has 0 aliphatic carbocycles. The Morgan fingerprint density at radius 2 is 1.77 bits per heavy atom. The Bertz CT molecular complexity index is 1460. The number of aromatic amines is 1. The zero-order chi connectivity index (χ0) is 33.0. The number of alkyl halides is 1. The second-order valence-electron chi connectivity index (χ2n) is 11.2. The Morgan fingerprint density at radius 3 is 2.25 bits per heavy atom. The number of carbonyl (C=O) groups is 2. The van der Waals surface area contributed by atoms with Crippen LogP contribution < -0.4 is 21.5 Å². The fourth-order valence-electron chi connectivity index (χ4n) is 4.76. The van der Waals surface area contributed by atoms with Gasteiger partial charge >= 0.3 is 19.6 Å². The largest absolute Gasteiger partial charge is 0.468 e. The molecule has 1 saturated heterocycles. The van der Waals surface area contributed by atoms with Gasteiger partial charge in [0.15, 0.2) is 17.4 Å². The molecule has 6 N–H and O–H groups in total. The van der Waals surface area contributed by atoms with Gasteiger partial charge in [0, 0.05) is 0 Å². The molecular formula is C26H39FN7O9P. The second-order valence-corrected chi connectivity index (χ2v) is 13.1. The molecule has 2 aromatic heterocycles. The van der Waals surface area contributed by atoms with E-state index in [9.17, 15) is 24.1 Å². The summed E-state index contributed by atoms with van der Waals surface area (Å²) in [4.78, 5) is 47.6. The molecule has 1 aliphatic heterocycles. The standard InChI is InChI=1S/C26H39FN7O9P/c1-8-26(27)19(35)17(43-24(26)34-12-29-18-20(34)30-25(28)31-21(18)36)11-42-44(39,32-15(9-13(2)3)22(37)40-6)33-16(10-14(4)5)23(38)41-7/h1,12-17,19,24,35H,9-11H2,2-7H3,(H2,32,33,39)(H3,28,30,31,36)/t15?,16?,17-,19+,24-,26?,44?/m1/s1. The highest BCUT2D eigenvalue weighted by Crippen LogP contribution is 2.46. The normalized spacial score (nSPS) is 24.6. The summed E-state index contributed by atoms with van der Waals surface area (Å²) in [5.41, 5.74) is 1.69. The van der Waals surface area contributed by atoms with E-state index in [0.29, 0.717) is 0 Å². The van der Waals surface area contributed by atoms with Crippen LogP contribution in [0.4, 0.5) is 10.3 Å². The lowest BCUT2D eigenvalue weighted by Gasteiger charge is -2.30. The molecule has 0 radical (unpaired) electrons. The highest BCUT2D eigenvalue weighted by atomic mass is 31.2. The van der Waals surface area contributed by atoms with Gasteiger partial charge in [-0.25, -0.2) is 19.5 Å². The topological polar surface area (TPSA) is 222 Å². The minimum Gasteiger partial charge on any atom is -0.468 e. The number of hydrogen-bond donors (Lipinski definition) is 5. The number of esters is 2. The number of ether oxygens (including phenoxy) is 3. The lowest BCUT2D eigenvalue weighted by atomic mass is 9.97. The smallest absolute Gasteiger partial charge is 0.342 e. The van der Waals surface area contributed by atoms with Gasteiger partial charge in [-0.1, -0.05) is 33.6 Å². The molecule has 3 rings (SSSR count). The average Bonchev–Trinajstić information content (AvgIpc) is 3.48. The number of aliphatic hydroxyl groups excluding tert-OH is 1. The van der Waals surface area contributed by atoms with Gasteiger partial charge in [-0.2, -0.15) is 4.98 Å². The van der Waals surface area contributed by atoms with E-state index >= 15 is 4.39 Å². The first-order chi connectivity index (χ1) is 20.6. The molecule has 6 atom stereocenters. The van der Waals surface area contributed by atoms with Gasteiger partial charge in [0.1, 0.15) is 24.3 Å². The van der Waals surface area contributed by atoms with Crippen LogP contribution in [-0.4, -0.2) is 87.4 Å². The Kier molecular flexibility index (Phi) is 11.3. The van der Waals surface area contributed by atoms with Crippen molar-refractivity contribution < 1.29 is 42.4 Å². The molecule has 44 heavy (non-hydrogen) atoms. The van der Waals surface area contributed by atoms with Gasteiger partial charge < -0.3 is 29.6 Å². The first kappa shape index (κ1) is 35.1. The molecule has 244 valence electrons. The number of fused-ring (bicyclic) bond motifs is 1. The van der Waals surface area contributed by atoms with E-state index in [1.807, 2.05) is 33.6 Å². The first-order valence-electron chi connectivity index (χ1n) is 13.8. The summed E-state index contributed by atoms with van der Waals surface area (Å²) in [5, 5.41) is 16.2. The molecular weight excluding hydrogens is 604 g/mol. The first-order valence-corrected chi connectivity index (χ1v) is 15.4. The van der Waals surface area contributed by atoms with Crippen LogP contribution in [0.5, 0.6) is 0 Å². The SMILES string of the molecule is C#CC1(F)[C@@H](O)[C@@H](COP(=O)(NC(CC(C)C)C(=O)OC)NC(CC(C)C)C(=O)OC)O[C@H]1n1cnc2c(=O)[nH]c(N)nc21. The number of terminal acetylenes is 1. The number of methoxy groups -OCH3 is 2. The third kappa shape index (κ3) is 7.63. The molecule has 0 bridgehead atoms. The summed E-state index contributed by atoms with van der Waals surface area (Å²) in [5.74, 6) is -0.00680. The number of anilines is 1. The van der Waals surface area contributed by atoms with Gasteiger partial charge in [-0.05, 0) is 24.7 Å². The van der Waals surface area contributed by atoms with E-state index in [1.165, 1.54) is 0 Å². The predicted octanol–water partition coefficient (Wildman–Crippen LogP) is 0.781. The van der Waals surface area contributed by atoms with Crippen molar-refractivity contribution in [2.45, 2.75) is 76.7 Å². The second kappa shape index (κ2) is 14.1. The molecule has 18 heteroatoms. The number of aromatic nitrogens is 4. The maximum atomic E-state index is 16.2. The van der Waals surface area contributed by atoms with Crippen LogP contribution in [0.3, 0.4) is 0 Å². The third-order valence-electron chi connectivity index (χ3n) is 6.83. The lowest BCUT2D eigenvalue weighted by molar-refractivity contribution is -0.143. The predicted molar refractivity (Wildman–Crippen MR) is 155 cm³/mol. The van der Waals surface area contributed by atoms with E-state index in [1.54, 1.807) is 0 Å². The number of aliphatic hydroxyl groups is 1. The van der Waals surface area contributed by atoms with Crippen molar-refractivity contribution in [1.82, 2.24) is 29.7 Å². The number of halogens is 1. The molecule has 3 unspecified atom stereocenters. The summed E-state index contributed by atoms with van der Waals surface area (Å²) in [6.45, 7) is 6.56. The number of imidazole rings is 1. The van der Waals surface area contributed by atoms with Crippen LogP contribution in [-0.2, 0) is 32.9 Å². The minimum absolute atomic E-state index is 0.0597. The summed E-state index contributed by atoms with van der Waals surface area (Å²) in [6, 6.07) is -2.29. The van der Waals surface area contributed by atoms with Gasteiger partial charge in [0.25, 0.3) is 5.56 Å². The Labute approximate surface area is 253 Å². The maximum absolute atomic E-state index is 16.2. The third-order valence-corrected chi connectivity index (χ3v) is 8.64. The number of rotatable bonds is 14. The maximum Gasteiger partial charge on any atom is 0.342 e. The van der Waals surface area contributed by atoms with Gasteiger partial charge in [-0.3, -0.25) is 28.5 Å². The fourth-order valence-corrected chi connectivity index (χ4v) is 6.58. The number of nitrogens with two attached hydrogens (primary N) is 1. The minimum atomic E-state index is -4.40. The highest BCUT2D eigenvalue weighted by Gasteiger charge is 2.58. The van der Waals surface area contributed by atoms with Crippen molar-refractivity contribution in [2.24, 2.45) is 11.8 Å². The van der Waals surface area contributed by atoms with E-state index in [2.05, 4.69) is 25.1 Å². The lowest BCUT2D eigenvalue weighted by Crippen LogP contribution is -2.46. The molecule has 1 fully saturated rings. The molecule has 1 aliphatic rings. The van der Waals surface area contributed by atoms with Crippen molar-refractivity contribution in [3.05, 3.63) is 16.7 Å². The summed E-state index contributed by atoms with van der Waals surface area (Å²) >= 11 is 0. The van der Waals surface area contributed by atoms with E-state index in [0.717, 1.165) is 25.1 Å². The molecule has 3 heterocycles. The van der Waals surface area contributed by atoms with Crippen LogP contribution in [0, 0.1) is 24.2 Å². The van der Waals surface area contributed by atoms with Gasteiger partial charge in [-0.15, -0.1) is 6.42 Å². The van der Waals surface area contributed by atoms with Gasteiger partial charge in [0.2, 0.25) is 11.6 Å². The van der Waals surface area contributed by atoms with Gasteiger partial charge in [0.05, 0.1) is 27.2 Å². The summed E-state index contributed by atoms with van der Waals surface area (Å²) in [7, 11) is -2.08. The molecule has 0 spiro atoms.